The van der Waals surface area contributed by atoms with E-state index in [9.17, 15) is 32.3 Å². The molecule has 2 rings (SSSR count). The zero-order chi connectivity index (χ0) is 26.3. The normalized spacial score (nSPS) is 13.0. The van der Waals surface area contributed by atoms with Gasteiger partial charge in [-0.3, -0.25) is 14.4 Å². The summed E-state index contributed by atoms with van der Waals surface area (Å²) < 4.78 is 41.8. The summed E-state index contributed by atoms with van der Waals surface area (Å²) in [4.78, 5) is 49.1. The van der Waals surface area contributed by atoms with Crippen molar-refractivity contribution in [3.8, 4) is 0 Å². The van der Waals surface area contributed by atoms with Gasteiger partial charge in [0.05, 0.1) is 16.8 Å². The molecule has 2 amide bonds. The fraction of sp³-hybridized carbons (Fsp3) is 0.333. The molecule has 188 valence electrons. The number of carbonyl (C=O) groups excluding carboxylic acids is 4. The third kappa shape index (κ3) is 8.47. The SMILES string of the molecule is CC(=O)C[C@H](NC(=O)N(c1ccc(Br)cc1Cl)C(F)(F)F)C(=O)C[C@@H](Cc1ccccc1)C(C)=O. The lowest BCUT2D eigenvalue weighted by molar-refractivity contribution is -0.129. The highest BCUT2D eigenvalue weighted by atomic mass is 79.9. The number of anilines is 1. The molecule has 0 aliphatic carbocycles. The second kappa shape index (κ2) is 12.3. The lowest BCUT2D eigenvalue weighted by Crippen LogP contribution is -2.54. The summed E-state index contributed by atoms with van der Waals surface area (Å²) in [5.41, 5.74) is 0.139. The zero-order valence-corrected chi connectivity index (χ0v) is 21.2. The lowest BCUT2D eigenvalue weighted by Gasteiger charge is -2.28. The first-order chi connectivity index (χ1) is 16.3. The minimum absolute atomic E-state index is 0.228. The Kier molecular flexibility index (Phi) is 10.0. The molecule has 35 heavy (non-hydrogen) atoms. The van der Waals surface area contributed by atoms with Crippen molar-refractivity contribution >= 4 is 56.6 Å². The van der Waals surface area contributed by atoms with Crippen molar-refractivity contribution < 1.29 is 32.3 Å². The molecule has 6 nitrogen and oxygen atoms in total. The van der Waals surface area contributed by atoms with Crippen LogP contribution in [-0.2, 0) is 20.8 Å². The summed E-state index contributed by atoms with van der Waals surface area (Å²) in [7, 11) is 0. The molecule has 1 N–H and O–H groups in total. The Balaban J connectivity index is 2.29. The van der Waals surface area contributed by atoms with E-state index in [4.69, 9.17) is 11.6 Å². The van der Waals surface area contributed by atoms with Crippen molar-refractivity contribution in [3.63, 3.8) is 0 Å². The van der Waals surface area contributed by atoms with Crippen molar-refractivity contribution in [1.82, 2.24) is 5.32 Å². The van der Waals surface area contributed by atoms with Crippen molar-refractivity contribution in [2.75, 3.05) is 4.90 Å². The number of urea groups is 1. The van der Waals surface area contributed by atoms with Gasteiger partial charge in [-0.05, 0) is 44.0 Å². The number of benzene rings is 2. The number of nitrogens with one attached hydrogen (secondary N) is 1. The number of alkyl halides is 3. The molecule has 0 radical (unpaired) electrons. The van der Waals surface area contributed by atoms with Crippen LogP contribution < -0.4 is 10.2 Å². The molecule has 0 saturated carbocycles. The first-order valence-electron chi connectivity index (χ1n) is 10.5. The maximum absolute atomic E-state index is 13.8. The molecule has 0 aromatic heterocycles. The fourth-order valence-corrected chi connectivity index (χ4v) is 4.17. The third-order valence-corrected chi connectivity index (χ3v) is 5.93. The fourth-order valence-electron chi connectivity index (χ4n) is 3.41. The molecular weight excluding hydrogens is 553 g/mol. The molecule has 0 unspecified atom stereocenters. The summed E-state index contributed by atoms with van der Waals surface area (Å²) in [6, 6.07) is 9.09. The summed E-state index contributed by atoms with van der Waals surface area (Å²) >= 11 is 9.01. The first kappa shape index (κ1) is 28.5. The van der Waals surface area contributed by atoms with E-state index in [0.717, 1.165) is 18.6 Å². The minimum atomic E-state index is -5.18. The van der Waals surface area contributed by atoms with Crippen LogP contribution in [-0.4, -0.2) is 35.7 Å². The Labute approximate surface area is 213 Å². The van der Waals surface area contributed by atoms with Crippen LogP contribution in [0.15, 0.2) is 53.0 Å². The molecule has 0 fully saturated rings. The first-order valence-corrected chi connectivity index (χ1v) is 11.7. The molecule has 0 spiro atoms. The van der Waals surface area contributed by atoms with Gasteiger partial charge in [-0.15, -0.1) is 13.2 Å². The molecule has 2 aromatic carbocycles. The zero-order valence-electron chi connectivity index (χ0n) is 18.9. The van der Waals surface area contributed by atoms with Crippen LogP contribution in [0.2, 0.25) is 5.02 Å². The van der Waals surface area contributed by atoms with E-state index in [-0.39, 0.29) is 23.6 Å². The van der Waals surface area contributed by atoms with E-state index >= 15 is 0 Å². The topological polar surface area (TPSA) is 83.6 Å². The number of Topliss-reactive ketones (excluding diaryl/α,β-unsaturated/α-hetero) is 3. The highest BCUT2D eigenvalue weighted by molar-refractivity contribution is 9.10. The molecule has 0 bridgehead atoms. The summed E-state index contributed by atoms with van der Waals surface area (Å²) in [6.07, 6.45) is -5.83. The molecule has 0 aliphatic rings. The summed E-state index contributed by atoms with van der Waals surface area (Å²) in [5.74, 6) is -2.32. The van der Waals surface area contributed by atoms with E-state index in [1.807, 2.05) is 5.32 Å². The predicted octanol–water partition coefficient (Wildman–Crippen LogP) is 5.89. The van der Waals surface area contributed by atoms with Crippen molar-refractivity contribution in [3.05, 3.63) is 63.6 Å². The van der Waals surface area contributed by atoms with Crippen molar-refractivity contribution in [2.45, 2.75) is 45.5 Å². The molecular formula is C24H23BrClF3N2O4. The van der Waals surface area contributed by atoms with E-state index in [2.05, 4.69) is 15.9 Å². The van der Waals surface area contributed by atoms with Crippen LogP contribution in [0.4, 0.5) is 23.7 Å². The number of nitrogens with zero attached hydrogens (tertiary/aromatic N) is 1. The quantitative estimate of drug-likeness (QED) is 0.358. The van der Waals surface area contributed by atoms with Crippen LogP contribution in [0.1, 0.15) is 32.3 Å². The van der Waals surface area contributed by atoms with Crippen LogP contribution in [0, 0.1) is 5.92 Å². The number of rotatable bonds is 10. The Hall–Kier alpha value is -2.72. The van der Waals surface area contributed by atoms with Crippen molar-refractivity contribution in [2.24, 2.45) is 5.92 Å². The Morgan fingerprint density at radius 1 is 1.03 bits per heavy atom. The van der Waals surface area contributed by atoms with Crippen LogP contribution in [0.25, 0.3) is 0 Å². The van der Waals surface area contributed by atoms with E-state index < -0.39 is 52.9 Å². The second-order valence-electron chi connectivity index (χ2n) is 7.97. The average molecular weight is 576 g/mol. The van der Waals surface area contributed by atoms with Crippen LogP contribution >= 0.6 is 27.5 Å². The molecule has 11 heteroatoms. The number of amides is 2. The van der Waals surface area contributed by atoms with Crippen LogP contribution in [0.5, 0.6) is 0 Å². The van der Waals surface area contributed by atoms with Gasteiger partial charge in [-0.1, -0.05) is 57.9 Å². The van der Waals surface area contributed by atoms with Gasteiger partial charge < -0.3 is 5.32 Å². The Morgan fingerprint density at radius 3 is 2.17 bits per heavy atom. The van der Waals surface area contributed by atoms with E-state index in [0.29, 0.717) is 4.47 Å². The second-order valence-corrected chi connectivity index (χ2v) is 9.30. The van der Waals surface area contributed by atoms with Gasteiger partial charge in [0.15, 0.2) is 5.78 Å². The standard InChI is InChI=1S/C24H23BrClF3N2O4/c1-14(32)10-20(22(34)12-17(15(2)33)11-16-6-4-3-5-7-16)30-23(35)31(24(27,28)29)21-9-8-18(25)13-19(21)26/h3-9,13,17,20H,10-12H2,1-2H3,(H,30,35)/t17-,20+/m1/s1. The van der Waals surface area contributed by atoms with Gasteiger partial charge in [0.25, 0.3) is 0 Å². The highest BCUT2D eigenvalue weighted by Gasteiger charge is 2.44. The minimum Gasteiger partial charge on any atom is -0.327 e. The van der Waals surface area contributed by atoms with Crippen molar-refractivity contribution in [1.29, 1.82) is 0 Å². The Morgan fingerprint density at radius 2 is 1.66 bits per heavy atom. The van der Waals surface area contributed by atoms with Crippen LogP contribution in [0.3, 0.4) is 0 Å². The maximum atomic E-state index is 13.8. The number of hydrogen-bond donors (Lipinski definition) is 1. The van der Waals surface area contributed by atoms with Gasteiger partial charge in [-0.2, -0.15) is 0 Å². The van der Waals surface area contributed by atoms with Gasteiger partial charge in [-0.25, -0.2) is 9.69 Å². The predicted molar refractivity (Wildman–Crippen MR) is 129 cm³/mol. The maximum Gasteiger partial charge on any atom is 0.493 e. The van der Waals surface area contributed by atoms with Gasteiger partial charge in [0.2, 0.25) is 0 Å². The highest BCUT2D eigenvalue weighted by Crippen LogP contribution is 2.35. The largest absolute Gasteiger partial charge is 0.493 e. The van der Waals surface area contributed by atoms with Gasteiger partial charge in [0, 0.05) is 23.2 Å². The number of ketones is 3. The van der Waals surface area contributed by atoms with Gasteiger partial charge >= 0.3 is 12.3 Å². The lowest BCUT2D eigenvalue weighted by atomic mass is 9.88. The molecule has 0 saturated heterocycles. The molecule has 2 aromatic rings. The van der Waals surface area contributed by atoms with E-state index in [1.165, 1.54) is 19.1 Å². The summed E-state index contributed by atoms with van der Waals surface area (Å²) in [5, 5.41) is 1.66. The molecule has 0 heterocycles. The van der Waals surface area contributed by atoms with Gasteiger partial charge in [0.1, 0.15) is 11.6 Å². The van der Waals surface area contributed by atoms with E-state index in [1.54, 1.807) is 30.3 Å². The monoisotopic (exact) mass is 574 g/mol. The average Bonchev–Trinajstić information content (AvgIpc) is 2.74. The summed E-state index contributed by atoms with van der Waals surface area (Å²) in [6.45, 7) is 2.45. The Bertz CT molecular complexity index is 1100. The molecule has 2 atom stereocenters. The number of halogens is 5. The third-order valence-electron chi connectivity index (χ3n) is 5.13. The molecule has 0 aliphatic heterocycles. The smallest absolute Gasteiger partial charge is 0.327 e. The number of hydrogen-bond acceptors (Lipinski definition) is 4. The number of carbonyl (C=O) groups is 4.